The van der Waals surface area contributed by atoms with Gasteiger partial charge in [0.05, 0.1) is 23.9 Å². The number of hydrogen-bond acceptors (Lipinski definition) is 5. The van der Waals surface area contributed by atoms with Gasteiger partial charge in [-0.05, 0) is 42.5 Å². The van der Waals surface area contributed by atoms with Gasteiger partial charge < -0.3 is 9.47 Å². The van der Waals surface area contributed by atoms with Gasteiger partial charge in [0.25, 0.3) is 0 Å². The first-order chi connectivity index (χ1) is 18.0. The van der Waals surface area contributed by atoms with E-state index < -0.39 is 12.1 Å². The van der Waals surface area contributed by atoms with Gasteiger partial charge in [0, 0.05) is 27.1 Å². The second kappa shape index (κ2) is 10.6. The Balaban J connectivity index is 1.57. The Morgan fingerprint density at radius 1 is 0.811 bits per heavy atom. The van der Waals surface area contributed by atoms with Crippen LogP contribution >= 0.6 is 11.6 Å². The molecule has 1 aromatic heterocycles. The van der Waals surface area contributed by atoms with Crippen LogP contribution < -0.4 is 4.74 Å². The lowest BCUT2D eigenvalue weighted by atomic mass is 9.99. The lowest BCUT2D eigenvalue weighted by Crippen LogP contribution is -2.20. The van der Waals surface area contributed by atoms with Crippen molar-refractivity contribution in [1.29, 1.82) is 0 Å². The maximum absolute atomic E-state index is 13.7. The van der Waals surface area contributed by atoms with Crippen LogP contribution in [0, 0.1) is 0 Å². The summed E-state index contributed by atoms with van der Waals surface area (Å²) >= 11 is 6.43. The number of pyridine rings is 1. The lowest BCUT2D eigenvalue weighted by molar-refractivity contribution is 0.0282. The zero-order chi connectivity index (χ0) is 25.8. The number of rotatable bonds is 7. The van der Waals surface area contributed by atoms with Gasteiger partial charge in [0.15, 0.2) is 6.10 Å². The predicted molar refractivity (Wildman–Crippen MR) is 144 cm³/mol. The number of ether oxygens (including phenoxy) is 2. The van der Waals surface area contributed by atoms with Gasteiger partial charge >= 0.3 is 5.97 Å². The molecule has 5 rings (SSSR count). The van der Waals surface area contributed by atoms with E-state index in [1.807, 2.05) is 42.5 Å². The summed E-state index contributed by atoms with van der Waals surface area (Å²) in [5, 5.41) is 1.13. The summed E-state index contributed by atoms with van der Waals surface area (Å²) in [6, 6.07) is 31.9. The molecule has 0 unspecified atom stereocenters. The number of para-hydroxylation sites is 1. The van der Waals surface area contributed by atoms with Gasteiger partial charge in [-0.15, -0.1) is 0 Å². The van der Waals surface area contributed by atoms with Crippen molar-refractivity contribution < 1.29 is 19.1 Å². The quantitative estimate of drug-likeness (QED) is 0.170. The number of ketones is 1. The molecule has 6 heteroatoms. The molecule has 0 bridgehead atoms. The Hall–Kier alpha value is -4.48. The fourth-order valence-electron chi connectivity index (χ4n) is 4.13. The van der Waals surface area contributed by atoms with E-state index in [1.165, 1.54) is 0 Å². The van der Waals surface area contributed by atoms with Crippen molar-refractivity contribution >= 4 is 34.3 Å². The molecule has 5 nitrogen and oxygen atoms in total. The van der Waals surface area contributed by atoms with E-state index >= 15 is 0 Å². The maximum Gasteiger partial charge on any atom is 0.339 e. The van der Waals surface area contributed by atoms with Crippen molar-refractivity contribution in [2.75, 3.05) is 7.11 Å². The summed E-state index contributed by atoms with van der Waals surface area (Å²) in [6.07, 6.45) is -1.14. The summed E-state index contributed by atoms with van der Waals surface area (Å²) in [7, 11) is 1.56. The summed E-state index contributed by atoms with van der Waals surface area (Å²) in [5.41, 5.74) is 3.11. The fourth-order valence-corrected chi connectivity index (χ4v) is 4.36. The molecule has 0 saturated heterocycles. The lowest BCUT2D eigenvalue weighted by Gasteiger charge is -2.19. The fraction of sp³-hybridized carbons (Fsp3) is 0.0645. The van der Waals surface area contributed by atoms with E-state index in [4.69, 9.17) is 26.1 Å². The van der Waals surface area contributed by atoms with Gasteiger partial charge in [-0.2, -0.15) is 0 Å². The zero-order valence-electron chi connectivity index (χ0n) is 19.9. The summed E-state index contributed by atoms with van der Waals surface area (Å²) in [6.45, 7) is 0. The Kier molecular flexibility index (Phi) is 6.97. The van der Waals surface area contributed by atoms with Crippen LogP contribution in [-0.2, 0) is 4.74 Å². The van der Waals surface area contributed by atoms with Crippen LogP contribution in [-0.4, -0.2) is 23.8 Å². The highest BCUT2D eigenvalue weighted by Crippen LogP contribution is 2.32. The number of hydrogen-bond donors (Lipinski definition) is 0. The summed E-state index contributed by atoms with van der Waals surface area (Å²) in [5.74, 6) is -0.352. The molecule has 182 valence electrons. The Labute approximate surface area is 219 Å². The summed E-state index contributed by atoms with van der Waals surface area (Å²) in [4.78, 5) is 32.0. The third-order valence-electron chi connectivity index (χ3n) is 6.03. The van der Waals surface area contributed by atoms with Gasteiger partial charge in [-0.1, -0.05) is 78.3 Å². The minimum Gasteiger partial charge on any atom is -0.497 e. The van der Waals surface area contributed by atoms with Crippen LogP contribution in [0.1, 0.15) is 32.4 Å². The highest BCUT2D eigenvalue weighted by molar-refractivity contribution is 6.33. The summed E-state index contributed by atoms with van der Waals surface area (Å²) < 4.78 is 11.1. The van der Waals surface area contributed by atoms with Crippen LogP contribution in [0.4, 0.5) is 0 Å². The number of benzene rings is 4. The number of carbonyl (C=O) groups excluding carboxylic acids is 2. The van der Waals surface area contributed by atoms with Crippen LogP contribution in [0.5, 0.6) is 5.75 Å². The van der Waals surface area contributed by atoms with Gasteiger partial charge in [-0.3, -0.25) is 4.79 Å². The van der Waals surface area contributed by atoms with E-state index in [0.717, 1.165) is 0 Å². The second-order valence-electron chi connectivity index (χ2n) is 8.34. The molecule has 0 radical (unpaired) electrons. The molecular weight excluding hydrogens is 486 g/mol. The molecule has 0 aliphatic heterocycles. The number of halogens is 1. The number of methoxy groups -OCH3 is 1. The average Bonchev–Trinajstić information content (AvgIpc) is 2.95. The van der Waals surface area contributed by atoms with E-state index in [0.29, 0.717) is 49.6 Å². The molecule has 1 atom stereocenters. The number of esters is 1. The van der Waals surface area contributed by atoms with Crippen molar-refractivity contribution in [3.05, 3.63) is 131 Å². The molecular formula is C31H22ClNO4. The maximum atomic E-state index is 13.7. The second-order valence-corrected chi connectivity index (χ2v) is 8.75. The SMILES string of the molecule is COc1ccc(C(=O)[C@@H](OC(=O)c2cc(-c3ccccc3Cl)nc3ccccc23)c2ccccc2)cc1. The molecule has 0 saturated carbocycles. The highest BCUT2D eigenvalue weighted by Gasteiger charge is 2.28. The number of aromatic nitrogens is 1. The minimum absolute atomic E-state index is 0.295. The average molecular weight is 508 g/mol. The van der Waals surface area contributed by atoms with E-state index in [1.54, 1.807) is 73.8 Å². The number of carbonyl (C=O) groups is 2. The molecule has 0 aliphatic rings. The first-order valence-corrected chi connectivity index (χ1v) is 12.0. The molecule has 5 aromatic rings. The van der Waals surface area contributed by atoms with Crippen molar-refractivity contribution in [1.82, 2.24) is 4.98 Å². The van der Waals surface area contributed by atoms with E-state index in [-0.39, 0.29) is 5.78 Å². The van der Waals surface area contributed by atoms with Crippen molar-refractivity contribution in [2.45, 2.75) is 6.10 Å². The Bertz CT molecular complexity index is 1580. The zero-order valence-corrected chi connectivity index (χ0v) is 20.7. The standard InChI is InChI=1S/C31H22ClNO4/c1-36-22-17-15-20(16-18-22)29(34)30(21-9-3-2-4-10-21)37-31(35)25-19-28(24-12-5-7-13-26(24)32)33-27-14-8-6-11-23(25)27/h2-19,30H,1H3/t30-/m0/s1. The Morgan fingerprint density at radius 2 is 1.49 bits per heavy atom. The van der Waals surface area contributed by atoms with Crippen molar-refractivity contribution in [3.8, 4) is 17.0 Å². The van der Waals surface area contributed by atoms with Gasteiger partial charge in [0.1, 0.15) is 5.75 Å². The molecule has 0 N–H and O–H groups in total. The Morgan fingerprint density at radius 3 is 2.22 bits per heavy atom. The number of Topliss-reactive ketones (excluding diaryl/α,β-unsaturated/α-hetero) is 1. The topological polar surface area (TPSA) is 65.5 Å². The first kappa shape index (κ1) is 24.2. The molecule has 4 aromatic carbocycles. The predicted octanol–water partition coefficient (Wildman–Crippen LogP) is 7.34. The first-order valence-electron chi connectivity index (χ1n) is 11.6. The van der Waals surface area contributed by atoms with Crippen LogP contribution in [0.15, 0.2) is 109 Å². The third kappa shape index (κ3) is 5.08. The van der Waals surface area contributed by atoms with E-state index in [2.05, 4.69) is 0 Å². The highest BCUT2D eigenvalue weighted by atomic mass is 35.5. The molecule has 0 amide bonds. The van der Waals surface area contributed by atoms with Crippen LogP contribution in [0.2, 0.25) is 5.02 Å². The molecule has 0 fully saturated rings. The van der Waals surface area contributed by atoms with Crippen LogP contribution in [0.3, 0.4) is 0 Å². The smallest absolute Gasteiger partial charge is 0.339 e. The van der Waals surface area contributed by atoms with Crippen LogP contribution in [0.25, 0.3) is 22.2 Å². The molecule has 0 aliphatic carbocycles. The monoisotopic (exact) mass is 507 g/mol. The molecule has 1 heterocycles. The third-order valence-corrected chi connectivity index (χ3v) is 6.36. The molecule has 37 heavy (non-hydrogen) atoms. The van der Waals surface area contributed by atoms with Crippen molar-refractivity contribution in [2.24, 2.45) is 0 Å². The normalized spacial score (nSPS) is 11.6. The number of nitrogens with zero attached hydrogens (tertiary/aromatic N) is 1. The van der Waals surface area contributed by atoms with Crippen molar-refractivity contribution in [3.63, 3.8) is 0 Å². The largest absolute Gasteiger partial charge is 0.497 e. The number of fused-ring (bicyclic) bond motifs is 1. The van der Waals surface area contributed by atoms with E-state index in [9.17, 15) is 9.59 Å². The minimum atomic E-state index is -1.14. The molecule has 0 spiro atoms. The van der Waals surface area contributed by atoms with Gasteiger partial charge in [-0.25, -0.2) is 9.78 Å². The van der Waals surface area contributed by atoms with Gasteiger partial charge in [0.2, 0.25) is 5.78 Å².